The van der Waals surface area contributed by atoms with Gasteiger partial charge in [0.2, 0.25) is 0 Å². The molecule has 1 aliphatic heterocycles. The Balaban J connectivity index is 2.22. The highest BCUT2D eigenvalue weighted by molar-refractivity contribution is 5.78. The van der Waals surface area contributed by atoms with Crippen molar-refractivity contribution in [3.05, 3.63) is 17.8 Å². The van der Waals surface area contributed by atoms with Crippen LogP contribution < -0.4 is 4.90 Å². The third-order valence-electron chi connectivity index (χ3n) is 2.77. The molecule has 2 rings (SSSR count). The number of carboxylic acids is 1. The summed E-state index contributed by atoms with van der Waals surface area (Å²) >= 11 is 0. The molecule has 2 heterocycles. The van der Waals surface area contributed by atoms with Crippen LogP contribution in [0.2, 0.25) is 0 Å². The van der Waals surface area contributed by atoms with Crippen LogP contribution in [-0.2, 0) is 11.0 Å². The fourth-order valence-corrected chi connectivity index (χ4v) is 1.93. The Morgan fingerprint density at radius 1 is 1.39 bits per heavy atom. The summed E-state index contributed by atoms with van der Waals surface area (Å²) in [4.78, 5) is 12.4. The van der Waals surface area contributed by atoms with E-state index in [1.165, 1.54) is 4.90 Å². The lowest BCUT2D eigenvalue weighted by Gasteiger charge is -2.21. The Labute approximate surface area is 100 Å². The molecule has 1 N–H and O–H groups in total. The van der Waals surface area contributed by atoms with Gasteiger partial charge in [0.1, 0.15) is 6.04 Å². The van der Waals surface area contributed by atoms with E-state index in [0.717, 1.165) is 12.1 Å². The minimum Gasteiger partial charge on any atom is -0.480 e. The van der Waals surface area contributed by atoms with E-state index in [9.17, 15) is 18.0 Å². The number of anilines is 1. The van der Waals surface area contributed by atoms with E-state index in [0.29, 0.717) is 19.4 Å². The second-order valence-corrected chi connectivity index (χ2v) is 3.96. The lowest BCUT2D eigenvalue weighted by molar-refractivity contribution is -0.142. The number of carboxylic acid groups (broad SMARTS) is 1. The van der Waals surface area contributed by atoms with Crippen molar-refractivity contribution in [3.63, 3.8) is 0 Å². The van der Waals surface area contributed by atoms with Gasteiger partial charge in [0.05, 0.1) is 0 Å². The van der Waals surface area contributed by atoms with Crippen molar-refractivity contribution in [1.29, 1.82) is 0 Å². The summed E-state index contributed by atoms with van der Waals surface area (Å²) in [5, 5.41) is 15.5. The monoisotopic (exact) mass is 261 g/mol. The Bertz CT molecular complexity index is 447. The molecule has 1 aromatic heterocycles. The summed E-state index contributed by atoms with van der Waals surface area (Å²) in [6, 6.07) is 1.22. The van der Waals surface area contributed by atoms with Gasteiger partial charge in [-0.25, -0.2) is 4.79 Å². The van der Waals surface area contributed by atoms with Crippen LogP contribution in [-0.4, -0.2) is 33.9 Å². The van der Waals surface area contributed by atoms with E-state index in [4.69, 9.17) is 5.11 Å². The van der Waals surface area contributed by atoms with Crippen molar-refractivity contribution in [2.75, 3.05) is 11.4 Å². The molecule has 0 unspecified atom stereocenters. The average Bonchev–Trinajstić information content (AvgIpc) is 2.77. The second kappa shape index (κ2) is 4.43. The molecule has 0 spiro atoms. The number of nitrogens with zero attached hydrogens (tertiary/aromatic N) is 3. The fraction of sp³-hybridized carbons (Fsp3) is 0.500. The van der Waals surface area contributed by atoms with Gasteiger partial charge in [-0.05, 0) is 25.0 Å². The number of halogens is 3. The standard InChI is InChI=1S/C10H10F3N3O2/c11-10(12,13)7-3-4-8(15-14-7)16-5-1-2-6(16)9(17)18/h3-4,6H,1-2,5H2,(H,17,18)/t6-/m1/s1. The normalized spacial score (nSPS) is 20.2. The van der Waals surface area contributed by atoms with E-state index in [2.05, 4.69) is 10.2 Å². The predicted octanol–water partition coefficient (Wildman–Crippen LogP) is 1.55. The zero-order valence-corrected chi connectivity index (χ0v) is 9.18. The smallest absolute Gasteiger partial charge is 0.435 e. The first-order valence-electron chi connectivity index (χ1n) is 5.30. The van der Waals surface area contributed by atoms with Gasteiger partial charge in [0.15, 0.2) is 11.5 Å². The van der Waals surface area contributed by atoms with Crippen LogP contribution in [0.1, 0.15) is 18.5 Å². The molecule has 0 bridgehead atoms. The maximum atomic E-state index is 12.3. The summed E-state index contributed by atoms with van der Waals surface area (Å²) in [7, 11) is 0. The molecule has 1 saturated heterocycles. The summed E-state index contributed by atoms with van der Waals surface area (Å²) < 4.78 is 36.9. The number of aromatic nitrogens is 2. The van der Waals surface area contributed by atoms with Crippen molar-refractivity contribution in [2.45, 2.75) is 25.1 Å². The molecule has 1 aliphatic rings. The quantitative estimate of drug-likeness (QED) is 0.874. The molecule has 0 aliphatic carbocycles. The molecule has 1 atom stereocenters. The fourth-order valence-electron chi connectivity index (χ4n) is 1.93. The maximum Gasteiger partial charge on any atom is 0.435 e. The molecule has 5 nitrogen and oxygen atoms in total. The molecule has 0 saturated carbocycles. The minimum absolute atomic E-state index is 0.160. The molecule has 8 heteroatoms. The first-order valence-corrected chi connectivity index (χ1v) is 5.30. The van der Waals surface area contributed by atoms with E-state index in [-0.39, 0.29) is 5.82 Å². The van der Waals surface area contributed by atoms with Crippen LogP contribution >= 0.6 is 0 Å². The van der Waals surface area contributed by atoms with Crippen molar-refractivity contribution in [1.82, 2.24) is 10.2 Å². The summed E-state index contributed by atoms with van der Waals surface area (Å²) in [6.45, 7) is 0.455. The molecule has 0 aromatic carbocycles. The van der Waals surface area contributed by atoms with E-state index < -0.39 is 23.9 Å². The van der Waals surface area contributed by atoms with Gasteiger partial charge < -0.3 is 10.0 Å². The molecule has 1 aromatic rings. The Morgan fingerprint density at radius 3 is 2.61 bits per heavy atom. The van der Waals surface area contributed by atoms with E-state index in [1.807, 2.05) is 0 Å². The van der Waals surface area contributed by atoms with Crippen LogP contribution in [0.3, 0.4) is 0 Å². The maximum absolute atomic E-state index is 12.3. The Morgan fingerprint density at radius 2 is 2.11 bits per heavy atom. The van der Waals surface area contributed by atoms with Crippen LogP contribution in [0, 0.1) is 0 Å². The summed E-state index contributed by atoms with van der Waals surface area (Å²) in [5.41, 5.74) is -1.09. The highest BCUT2D eigenvalue weighted by Gasteiger charge is 2.35. The van der Waals surface area contributed by atoms with Gasteiger partial charge in [0.25, 0.3) is 0 Å². The Hall–Kier alpha value is -1.86. The van der Waals surface area contributed by atoms with Crippen LogP contribution in [0.4, 0.5) is 19.0 Å². The SMILES string of the molecule is O=C(O)[C@H]1CCCN1c1ccc(C(F)(F)F)nn1. The van der Waals surface area contributed by atoms with E-state index in [1.54, 1.807) is 0 Å². The number of alkyl halides is 3. The summed E-state index contributed by atoms with van der Waals surface area (Å²) in [5.74, 6) is -0.845. The number of carbonyl (C=O) groups is 1. The lowest BCUT2D eigenvalue weighted by atomic mass is 10.2. The Kier molecular flexibility index (Phi) is 3.10. The van der Waals surface area contributed by atoms with Gasteiger partial charge in [-0.3, -0.25) is 0 Å². The second-order valence-electron chi connectivity index (χ2n) is 3.96. The average molecular weight is 261 g/mol. The third-order valence-corrected chi connectivity index (χ3v) is 2.77. The van der Waals surface area contributed by atoms with Gasteiger partial charge in [-0.15, -0.1) is 10.2 Å². The number of rotatable bonds is 2. The van der Waals surface area contributed by atoms with Gasteiger partial charge in [0, 0.05) is 6.54 Å². The molecule has 0 radical (unpaired) electrons. The van der Waals surface area contributed by atoms with Gasteiger partial charge in [-0.1, -0.05) is 0 Å². The zero-order chi connectivity index (χ0) is 13.3. The number of hydrogen-bond donors (Lipinski definition) is 1. The zero-order valence-electron chi connectivity index (χ0n) is 9.18. The van der Waals surface area contributed by atoms with Crippen molar-refractivity contribution in [3.8, 4) is 0 Å². The van der Waals surface area contributed by atoms with Crippen LogP contribution in [0.15, 0.2) is 12.1 Å². The number of aliphatic carboxylic acids is 1. The third kappa shape index (κ3) is 2.36. The van der Waals surface area contributed by atoms with Gasteiger partial charge in [-0.2, -0.15) is 13.2 Å². The van der Waals surface area contributed by atoms with Crippen molar-refractivity contribution < 1.29 is 23.1 Å². The van der Waals surface area contributed by atoms with Crippen molar-refractivity contribution >= 4 is 11.8 Å². The molecular formula is C10H10F3N3O2. The molecular weight excluding hydrogens is 251 g/mol. The number of hydrogen-bond acceptors (Lipinski definition) is 4. The topological polar surface area (TPSA) is 66.3 Å². The summed E-state index contributed by atoms with van der Waals surface area (Å²) in [6.07, 6.45) is -3.42. The minimum atomic E-state index is -4.54. The van der Waals surface area contributed by atoms with Crippen LogP contribution in [0.5, 0.6) is 0 Å². The van der Waals surface area contributed by atoms with E-state index >= 15 is 0 Å². The lowest BCUT2D eigenvalue weighted by Crippen LogP contribution is -2.36. The predicted molar refractivity (Wildman–Crippen MR) is 55.0 cm³/mol. The van der Waals surface area contributed by atoms with Gasteiger partial charge >= 0.3 is 12.1 Å². The molecule has 0 amide bonds. The largest absolute Gasteiger partial charge is 0.480 e. The molecule has 18 heavy (non-hydrogen) atoms. The highest BCUT2D eigenvalue weighted by Crippen LogP contribution is 2.29. The highest BCUT2D eigenvalue weighted by atomic mass is 19.4. The first-order chi connectivity index (χ1) is 8.39. The molecule has 98 valence electrons. The molecule has 1 fully saturated rings. The first kappa shape index (κ1) is 12.6. The van der Waals surface area contributed by atoms with Crippen LogP contribution in [0.25, 0.3) is 0 Å². The van der Waals surface area contributed by atoms with Crippen molar-refractivity contribution in [2.24, 2.45) is 0 Å².